The molecule has 3 heterocycles. The molecule has 0 atom stereocenters. The maximum atomic E-state index is 13.8. The van der Waals surface area contributed by atoms with Gasteiger partial charge < -0.3 is 9.97 Å². The van der Waals surface area contributed by atoms with Crippen molar-refractivity contribution in [2.24, 2.45) is 0 Å². The summed E-state index contributed by atoms with van der Waals surface area (Å²) in [6, 6.07) is 30.8. The fourth-order valence-electron chi connectivity index (χ4n) is 6.70. The van der Waals surface area contributed by atoms with Crippen molar-refractivity contribution in [1.29, 1.82) is 0 Å². The largest absolute Gasteiger partial charge is 0.305 e. The van der Waals surface area contributed by atoms with E-state index in [1.165, 1.54) is 34.7 Å². The van der Waals surface area contributed by atoms with Crippen LogP contribution in [0.5, 0.6) is 0 Å². The van der Waals surface area contributed by atoms with Crippen molar-refractivity contribution in [3.8, 4) is 33.6 Å². The van der Waals surface area contributed by atoms with Crippen molar-refractivity contribution < 1.29 is 33.3 Å². The van der Waals surface area contributed by atoms with Crippen LogP contribution in [-0.4, -0.2) is 18.0 Å². The second-order valence-corrected chi connectivity index (χ2v) is 19.7. The molecule has 7 aromatic rings. The average Bonchev–Trinajstić information content (AvgIpc) is 3.47. The third kappa shape index (κ3) is 7.26. The van der Waals surface area contributed by atoms with E-state index in [1.54, 1.807) is 11.3 Å². The first-order valence-corrected chi connectivity index (χ1v) is 20.8. The van der Waals surface area contributed by atoms with Crippen molar-refractivity contribution in [2.45, 2.75) is 52.2 Å². The minimum atomic E-state index is -1.45. The van der Waals surface area contributed by atoms with Crippen LogP contribution in [0.15, 0.2) is 91.3 Å². The number of aromatic nitrogens is 2. The van der Waals surface area contributed by atoms with Crippen LogP contribution in [0, 0.1) is 36.5 Å². The molecule has 2 nitrogen and oxygen atoms in total. The van der Waals surface area contributed by atoms with E-state index in [1.807, 2.05) is 48.7 Å². The summed E-state index contributed by atoms with van der Waals surface area (Å²) in [7, 11) is -1.27. The van der Waals surface area contributed by atoms with Crippen LogP contribution in [0.1, 0.15) is 29.5 Å². The molecule has 0 N–H and O–H groups in total. The molecular formula is C42H35F3IrN2SSi-2. The van der Waals surface area contributed by atoms with E-state index in [9.17, 15) is 13.2 Å². The first-order chi connectivity index (χ1) is 23.6. The van der Waals surface area contributed by atoms with Gasteiger partial charge in [0.15, 0.2) is 17.5 Å². The summed E-state index contributed by atoms with van der Waals surface area (Å²) in [5, 5.41) is 3.49. The maximum absolute atomic E-state index is 13.8. The van der Waals surface area contributed by atoms with Crippen molar-refractivity contribution in [2.75, 3.05) is 0 Å². The minimum absolute atomic E-state index is 0. The van der Waals surface area contributed by atoms with Crippen LogP contribution < -0.4 is 5.19 Å². The summed E-state index contributed by atoms with van der Waals surface area (Å²) >= 11 is 1.65. The van der Waals surface area contributed by atoms with Gasteiger partial charge in [0.2, 0.25) is 0 Å². The average molecular weight is 877 g/mol. The standard InChI is InChI=1S/C27H17F3NS.C15H18NSi.Ir/c28-22-13-18(14-23(29)26(22)30)16-5-7-24-20(11-16)21-12-17(6-8-25(21)32-24)27-19-4-2-1-3-15(19)9-10-31-27;1-12-10-14(13-8-6-5-7-9-13)16-11-15(12)17(2,3)4;/h5,7-14H,1-4H2;5-8,10-11H,1-4H3;/q2*-1;. The Morgan fingerprint density at radius 1 is 0.760 bits per heavy atom. The number of halogens is 3. The predicted octanol–water partition coefficient (Wildman–Crippen LogP) is 11.3. The predicted molar refractivity (Wildman–Crippen MR) is 200 cm³/mol. The van der Waals surface area contributed by atoms with Crippen molar-refractivity contribution >= 4 is 44.8 Å². The number of pyridine rings is 2. The first-order valence-electron chi connectivity index (χ1n) is 16.5. The Morgan fingerprint density at radius 3 is 2.24 bits per heavy atom. The van der Waals surface area contributed by atoms with E-state index in [0.29, 0.717) is 11.1 Å². The zero-order valence-corrected chi connectivity index (χ0v) is 32.5. The van der Waals surface area contributed by atoms with Crippen LogP contribution in [0.3, 0.4) is 0 Å². The zero-order chi connectivity index (χ0) is 34.3. The normalized spacial score (nSPS) is 12.6. The summed E-state index contributed by atoms with van der Waals surface area (Å²) in [4.78, 5) is 9.26. The van der Waals surface area contributed by atoms with E-state index < -0.39 is 25.5 Å². The molecule has 0 bridgehead atoms. The molecule has 1 radical (unpaired) electrons. The molecule has 8 heteroatoms. The molecule has 50 heavy (non-hydrogen) atoms. The number of aryl methyl sites for hydroxylation is 2. The zero-order valence-electron chi connectivity index (χ0n) is 28.3. The number of rotatable bonds is 4. The summed E-state index contributed by atoms with van der Waals surface area (Å²) in [6.07, 6.45) is 8.42. The fraction of sp³-hybridized carbons (Fsp3) is 0.190. The Bertz CT molecular complexity index is 2310. The SMILES string of the molecule is Cc1cc(-c2[c-]cccc2)ncc1[Si](C)(C)C.Fc1cc(-c2ccc3sc4c[c-]c(-c5nccc6c5CCCC6)cc4c3c2)cc(F)c1F.[Ir]. The second-order valence-electron chi connectivity index (χ2n) is 13.6. The molecule has 0 fully saturated rings. The Morgan fingerprint density at radius 2 is 1.52 bits per heavy atom. The van der Waals surface area contributed by atoms with Gasteiger partial charge in [0, 0.05) is 37.2 Å². The molecule has 0 saturated carbocycles. The third-order valence-corrected chi connectivity index (χ3v) is 12.4. The molecule has 4 aromatic carbocycles. The van der Waals surface area contributed by atoms with Gasteiger partial charge in [0.05, 0.1) is 8.07 Å². The van der Waals surface area contributed by atoms with E-state index >= 15 is 0 Å². The molecule has 0 spiro atoms. The molecule has 0 unspecified atom stereocenters. The van der Waals surface area contributed by atoms with Crippen molar-refractivity contribution in [1.82, 2.24) is 9.97 Å². The van der Waals surface area contributed by atoms with Gasteiger partial charge in [-0.2, -0.15) is 11.3 Å². The second kappa shape index (κ2) is 14.7. The molecule has 255 valence electrons. The van der Waals surface area contributed by atoms with Gasteiger partial charge in [0.1, 0.15) is 0 Å². The van der Waals surface area contributed by atoms with Gasteiger partial charge >= 0.3 is 0 Å². The number of fused-ring (bicyclic) bond motifs is 4. The summed E-state index contributed by atoms with van der Waals surface area (Å²) < 4.78 is 43.1. The molecule has 1 aliphatic rings. The molecule has 8 rings (SSSR count). The Kier molecular flexibility index (Phi) is 10.6. The summed E-state index contributed by atoms with van der Waals surface area (Å²) in [5.74, 6) is -3.83. The monoisotopic (exact) mass is 877 g/mol. The number of nitrogens with zero attached hydrogens (tertiary/aromatic N) is 2. The van der Waals surface area contributed by atoms with Gasteiger partial charge in [-0.3, -0.25) is 0 Å². The quantitative estimate of drug-likeness (QED) is 0.100. The van der Waals surface area contributed by atoms with E-state index in [-0.39, 0.29) is 20.1 Å². The third-order valence-electron chi connectivity index (χ3n) is 9.15. The molecule has 0 amide bonds. The van der Waals surface area contributed by atoms with Crippen LogP contribution in [-0.2, 0) is 32.9 Å². The van der Waals surface area contributed by atoms with Gasteiger partial charge in [-0.15, -0.1) is 59.7 Å². The Balaban J connectivity index is 0.000000204. The number of hydrogen-bond donors (Lipinski definition) is 0. The molecule has 0 aliphatic heterocycles. The number of hydrogen-bond acceptors (Lipinski definition) is 3. The van der Waals surface area contributed by atoms with Crippen LogP contribution >= 0.6 is 11.3 Å². The van der Waals surface area contributed by atoms with Gasteiger partial charge in [-0.1, -0.05) is 53.9 Å². The minimum Gasteiger partial charge on any atom is -0.305 e. The molecule has 0 saturated heterocycles. The van der Waals surface area contributed by atoms with Crippen LogP contribution in [0.25, 0.3) is 53.8 Å². The molecule has 1 aliphatic carbocycles. The van der Waals surface area contributed by atoms with Crippen LogP contribution in [0.2, 0.25) is 19.6 Å². The van der Waals surface area contributed by atoms with Gasteiger partial charge in [0.25, 0.3) is 0 Å². The molecule has 3 aromatic heterocycles. The summed E-state index contributed by atoms with van der Waals surface area (Å²) in [6.45, 7) is 9.24. The maximum Gasteiger partial charge on any atom is 0.194 e. The summed E-state index contributed by atoms with van der Waals surface area (Å²) in [5.41, 5.74) is 9.01. The first kappa shape index (κ1) is 35.9. The van der Waals surface area contributed by atoms with Crippen LogP contribution in [0.4, 0.5) is 13.2 Å². The van der Waals surface area contributed by atoms with Gasteiger partial charge in [-0.25, -0.2) is 13.2 Å². The van der Waals surface area contributed by atoms with Crippen molar-refractivity contribution in [3.05, 3.63) is 138 Å². The molecular weight excluding hydrogens is 842 g/mol. The number of benzene rings is 4. The number of thiophene rings is 1. The Labute approximate surface area is 309 Å². The smallest absolute Gasteiger partial charge is 0.194 e. The van der Waals surface area contributed by atoms with Gasteiger partial charge in [-0.05, 0) is 101 Å². The van der Waals surface area contributed by atoms with E-state index in [0.717, 1.165) is 67.7 Å². The Hall–Kier alpha value is -3.94. The topological polar surface area (TPSA) is 25.8 Å². The fourth-order valence-corrected chi connectivity index (χ4v) is 9.45. The van der Waals surface area contributed by atoms with E-state index in [2.05, 4.69) is 79.1 Å². The van der Waals surface area contributed by atoms with Crippen molar-refractivity contribution in [3.63, 3.8) is 0 Å². The van der Waals surface area contributed by atoms with E-state index in [4.69, 9.17) is 0 Å².